The number of benzene rings is 1. The standard InChI is InChI=1S/C18H21F2N9O.CH2O2/c19-15(20)12(21)7-23-18-25-17(14(16(22)30)26-27-18)24-10-4-5-13-9(6-10)8-29(28-13)11-2-1-3-11;2-1-3/h4-6,8,11-12,15H,1-3,7,21H2,(H2,22,30)(H2,23,24,25,27);1H,(H,2,3). The van der Waals surface area contributed by atoms with Crippen LogP contribution < -0.4 is 22.1 Å². The largest absolute Gasteiger partial charge is 0.483 e. The molecule has 1 aliphatic rings. The second-order valence-electron chi connectivity index (χ2n) is 7.27. The van der Waals surface area contributed by atoms with Gasteiger partial charge < -0.3 is 27.2 Å². The number of rotatable bonds is 8. The van der Waals surface area contributed by atoms with E-state index in [9.17, 15) is 13.6 Å². The highest BCUT2D eigenvalue weighted by molar-refractivity contribution is 5.96. The molecule has 176 valence electrons. The summed E-state index contributed by atoms with van der Waals surface area (Å²) >= 11 is 0. The number of hydrogen-bond acceptors (Lipinski definition) is 9. The fraction of sp³-hybridized carbons (Fsp3) is 0.368. The number of carboxylic acid groups (broad SMARTS) is 1. The molecule has 33 heavy (non-hydrogen) atoms. The van der Waals surface area contributed by atoms with E-state index in [1.807, 2.05) is 23.0 Å². The predicted octanol–water partition coefficient (Wildman–Crippen LogP) is 1.49. The number of amides is 1. The van der Waals surface area contributed by atoms with Gasteiger partial charge >= 0.3 is 0 Å². The van der Waals surface area contributed by atoms with Crippen LogP contribution in [0.25, 0.3) is 10.9 Å². The van der Waals surface area contributed by atoms with E-state index in [2.05, 4.69) is 30.9 Å². The van der Waals surface area contributed by atoms with E-state index in [0.29, 0.717) is 11.7 Å². The lowest BCUT2D eigenvalue weighted by Gasteiger charge is -2.25. The first kappa shape index (κ1) is 23.7. The molecule has 14 heteroatoms. The lowest BCUT2D eigenvalue weighted by Crippen LogP contribution is -2.36. The summed E-state index contributed by atoms with van der Waals surface area (Å²) in [6.45, 7) is -0.513. The molecule has 3 aromatic rings. The van der Waals surface area contributed by atoms with Gasteiger partial charge in [0.2, 0.25) is 5.95 Å². The minimum Gasteiger partial charge on any atom is -0.483 e. The highest BCUT2D eigenvalue weighted by Gasteiger charge is 2.21. The molecule has 2 heterocycles. The van der Waals surface area contributed by atoms with E-state index in [4.69, 9.17) is 21.4 Å². The summed E-state index contributed by atoms with van der Waals surface area (Å²) in [5.74, 6) is -0.832. The SMILES string of the molecule is NC(=O)c1nnc(NCC(N)C(F)F)nc1Nc1ccc2nn(C3CCC3)cc2c1.O=CO. The molecule has 1 aromatic carbocycles. The van der Waals surface area contributed by atoms with Crippen molar-refractivity contribution >= 4 is 40.7 Å². The highest BCUT2D eigenvalue weighted by atomic mass is 19.3. The second-order valence-corrected chi connectivity index (χ2v) is 7.27. The number of primary amides is 1. The zero-order valence-electron chi connectivity index (χ0n) is 17.4. The Labute approximate surface area is 186 Å². The highest BCUT2D eigenvalue weighted by Crippen LogP contribution is 2.32. The average Bonchev–Trinajstić information content (AvgIpc) is 3.13. The summed E-state index contributed by atoms with van der Waals surface area (Å²) in [7, 11) is 0. The smallest absolute Gasteiger partial charge is 0.290 e. The van der Waals surface area contributed by atoms with Crippen molar-refractivity contribution in [3.8, 4) is 0 Å². The number of nitrogens with zero attached hydrogens (tertiary/aromatic N) is 5. The molecule has 1 saturated carbocycles. The normalized spacial score (nSPS) is 14.2. The maximum atomic E-state index is 12.6. The van der Waals surface area contributed by atoms with Gasteiger partial charge in [-0.2, -0.15) is 10.1 Å². The van der Waals surface area contributed by atoms with Crippen LogP contribution in [0, 0.1) is 0 Å². The molecule has 4 rings (SSSR count). The van der Waals surface area contributed by atoms with Crippen LogP contribution in [0.5, 0.6) is 0 Å². The number of alkyl halides is 2. The molecule has 2 aromatic heterocycles. The van der Waals surface area contributed by atoms with Crippen LogP contribution in [-0.4, -0.2) is 61.5 Å². The molecule has 1 atom stereocenters. The van der Waals surface area contributed by atoms with Crippen LogP contribution in [0.2, 0.25) is 0 Å². The van der Waals surface area contributed by atoms with Gasteiger partial charge in [-0.05, 0) is 37.5 Å². The maximum Gasteiger partial charge on any atom is 0.290 e. The Morgan fingerprint density at radius 1 is 1.33 bits per heavy atom. The van der Waals surface area contributed by atoms with Crippen molar-refractivity contribution in [3.05, 3.63) is 30.1 Å². The fourth-order valence-electron chi connectivity index (χ4n) is 3.05. The maximum absolute atomic E-state index is 12.6. The molecule has 0 saturated heterocycles. The van der Waals surface area contributed by atoms with Gasteiger partial charge in [-0.15, -0.1) is 10.2 Å². The van der Waals surface area contributed by atoms with Crippen molar-refractivity contribution in [2.75, 3.05) is 17.2 Å². The zero-order valence-corrected chi connectivity index (χ0v) is 17.4. The number of carbonyl (C=O) groups is 2. The molecule has 0 radical (unpaired) electrons. The summed E-state index contributed by atoms with van der Waals surface area (Å²) in [6.07, 6.45) is 2.75. The van der Waals surface area contributed by atoms with Crippen LogP contribution in [0.3, 0.4) is 0 Å². The lowest BCUT2D eigenvalue weighted by atomic mass is 9.93. The average molecular weight is 463 g/mol. The number of fused-ring (bicyclic) bond motifs is 1. The van der Waals surface area contributed by atoms with Gasteiger partial charge in [-0.25, -0.2) is 8.78 Å². The minimum absolute atomic E-state index is 0.0522. The van der Waals surface area contributed by atoms with Crippen molar-refractivity contribution in [1.29, 1.82) is 0 Å². The monoisotopic (exact) mass is 463 g/mol. The molecule has 12 nitrogen and oxygen atoms in total. The molecule has 0 bridgehead atoms. The van der Waals surface area contributed by atoms with E-state index in [1.165, 1.54) is 6.42 Å². The number of nitrogens with one attached hydrogen (secondary N) is 2. The summed E-state index contributed by atoms with van der Waals surface area (Å²) in [4.78, 5) is 24.2. The molecule has 1 amide bonds. The number of halogens is 2. The molecule has 1 unspecified atom stereocenters. The third-order valence-electron chi connectivity index (χ3n) is 4.97. The number of hydrogen-bond donors (Lipinski definition) is 5. The Morgan fingerprint density at radius 3 is 2.67 bits per heavy atom. The van der Waals surface area contributed by atoms with E-state index in [1.54, 1.807) is 6.07 Å². The van der Waals surface area contributed by atoms with Crippen LogP contribution in [0.1, 0.15) is 35.8 Å². The number of carbonyl (C=O) groups excluding carboxylic acids is 1. The van der Waals surface area contributed by atoms with Crippen molar-refractivity contribution in [3.63, 3.8) is 0 Å². The molecule has 0 aliphatic heterocycles. The Morgan fingerprint density at radius 2 is 2.06 bits per heavy atom. The third-order valence-corrected chi connectivity index (χ3v) is 4.97. The summed E-state index contributed by atoms with van der Waals surface area (Å²) in [5, 5.41) is 25.4. The van der Waals surface area contributed by atoms with Crippen LogP contribution >= 0.6 is 0 Å². The van der Waals surface area contributed by atoms with Crippen molar-refractivity contribution < 1.29 is 23.5 Å². The molecular formula is C19H23F2N9O3. The Kier molecular flexibility index (Phi) is 7.61. The van der Waals surface area contributed by atoms with Crippen LogP contribution in [-0.2, 0) is 4.79 Å². The Balaban J connectivity index is 0.000000968. The van der Waals surface area contributed by atoms with Crippen LogP contribution in [0.15, 0.2) is 24.4 Å². The lowest BCUT2D eigenvalue weighted by molar-refractivity contribution is -0.122. The Hall–Kier alpha value is -3.94. The van der Waals surface area contributed by atoms with Crippen LogP contribution in [0.4, 0.5) is 26.2 Å². The van der Waals surface area contributed by atoms with Crippen molar-refractivity contribution in [2.24, 2.45) is 11.5 Å². The zero-order chi connectivity index (χ0) is 24.0. The van der Waals surface area contributed by atoms with Gasteiger partial charge in [0.25, 0.3) is 18.8 Å². The van der Waals surface area contributed by atoms with E-state index >= 15 is 0 Å². The number of nitrogens with two attached hydrogens (primary N) is 2. The molecular weight excluding hydrogens is 440 g/mol. The molecule has 1 fully saturated rings. The first-order valence-corrected chi connectivity index (χ1v) is 9.98. The first-order chi connectivity index (χ1) is 15.8. The first-order valence-electron chi connectivity index (χ1n) is 9.98. The summed E-state index contributed by atoms with van der Waals surface area (Å²) < 4.78 is 27.1. The van der Waals surface area contributed by atoms with Gasteiger partial charge in [0, 0.05) is 23.8 Å². The van der Waals surface area contributed by atoms with Gasteiger partial charge in [0.1, 0.15) is 0 Å². The molecule has 7 N–H and O–H groups in total. The van der Waals surface area contributed by atoms with E-state index in [-0.39, 0.29) is 30.5 Å². The van der Waals surface area contributed by atoms with Crippen molar-refractivity contribution in [2.45, 2.75) is 37.8 Å². The quantitative estimate of drug-likeness (QED) is 0.306. The molecule has 1 aliphatic carbocycles. The van der Waals surface area contributed by atoms with Gasteiger partial charge in [-0.1, -0.05) is 0 Å². The summed E-state index contributed by atoms with van der Waals surface area (Å²) in [5.41, 5.74) is 12.0. The number of aromatic nitrogens is 5. The van der Waals surface area contributed by atoms with Gasteiger partial charge in [0.05, 0.1) is 17.6 Å². The van der Waals surface area contributed by atoms with Gasteiger partial charge in [0.15, 0.2) is 11.5 Å². The van der Waals surface area contributed by atoms with E-state index < -0.39 is 18.4 Å². The molecule has 0 spiro atoms. The summed E-state index contributed by atoms with van der Waals surface area (Å²) in [6, 6.07) is 4.55. The third kappa shape index (κ3) is 5.85. The minimum atomic E-state index is -2.69. The van der Waals surface area contributed by atoms with Gasteiger partial charge in [-0.3, -0.25) is 14.3 Å². The van der Waals surface area contributed by atoms with Crippen molar-refractivity contribution in [1.82, 2.24) is 25.0 Å². The fourth-order valence-corrected chi connectivity index (χ4v) is 3.05. The van der Waals surface area contributed by atoms with E-state index in [0.717, 1.165) is 23.7 Å². The Bertz CT molecular complexity index is 1120. The number of anilines is 3. The second kappa shape index (κ2) is 10.6. The topological polar surface area (TPSA) is 187 Å². The predicted molar refractivity (Wildman–Crippen MR) is 115 cm³/mol.